The first-order valence-electron chi connectivity index (χ1n) is 5.65. The summed E-state index contributed by atoms with van der Waals surface area (Å²) >= 11 is 0. The Kier molecular flexibility index (Phi) is 3.51. The highest BCUT2D eigenvalue weighted by atomic mass is 19.1. The van der Waals surface area contributed by atoms with Crippen LogP contribution in [-0.2, 0) is 4.74 Å². The lowest BCUT2D eigenvalue weighted by Crippen LogP contribution is -2.36. The van der Waals surface area contributed by atoms with Crippen LogP contribution in [0, 0.1) is 5.82 Å². The van der Waals surface area contributed by atoms with E-state index in [4.69, 9.17) is 4.74 Å². The molecule has 2 heterocycles. The molecule has 1 aliphatic heterocycles. The normalized spacial score (nSPS) is 26.9. The highest BCUT2D eigenvalue weighted by molar-refractivity contribution is 5.14. The zero-order valence-corrected chi connectivity index (χ0v) is 9.61. The fraction of sp³-hybridized carbons (Fsp3) is 0.583. The van der Waals surface area contributed by atoms with Gasteiger partial charge in [-0.2, -0.15) is 0 Å². The van der Waals surface area contributed by atoms with Crippen molar-refractivity contribution in [3.8, 4) is 0 Å². The predicted molar refractivity (Wildman–Crippen MR) is 59.6 cm³/mol. The second-order valence-corrected chi connectivity index (χ2v) is 4.30. The molecule has 3 unspecified atom stereocenters. The van der Waals surface area contributed by atoms with Crippen molar-refractivity contribution in [1.82, 2.24) is 10.3 Å². The van der Waals surface area contributed by atoms with Crippen molar-refractivity contribution in [2.75, 3.05) is 6.61 Å². The molecule has 0 amide bonds. The molecule has 0 aromatic carbocycles. The van der Waals surface area contributed by atoms with Crippen LogP contribution in [0.2, 0.25) is 0 Å². The summed E-state index contributed by atoms with van der Waals surface area (Å²) in [6.07, 6.45) is 4.15. The summed E-state index contributed by atoms with van der Waals surface area (Å²) in [6, 6.07) is 1.96. The molecular formula is C12H17FN2O. The first kappa shape index (κ1) is 11.5. The summed E-state index contributed by atoms with van der Waals surface area (Å²) < 4.78 is 18.5. The van der Waals surface area contributed by atoms with Gasteiger partial charge in [-0.15, -0.1) is 0 Å². The van der Waals surface area contributed by atoms with Gasteiger partial charge in [-0.3, -0.25) is 4.98 Å². The van der Waals surface area contributed by atoms with Crippen molar-refractivity contribution in [1.29, 1.82) is 0 Å². The molecule has 16 heavy (non-hydrogen) atoms. The first-order chi connectivity index (χ1) is 7.66. The van der Waals surface area contributed by atoms with Gasteiger partial charge in [-0.25, -0.2) is 4.39 Å². The number of aromatic nitrogens is 1. The minimum Gasteiger partial charge on any atom is -0.377 e. The van der Waals surface area contributed by atoms with E-state index in [0.29, 0.717) is 6.04 Å². The molecule has 1 fully saturated rings. The quantitative estimate of drug-likeness (QED) is 0.853. The Labute approximate surface area is 95.0 Å². The molecule has 1 N–H and O–H groups in total. The van der Waals surface area contributed by atoms with Crippen LogP contribution in [0.3, 0.4) is 0 Å². The van der Waals surface area contributed by atoms with Gasteiger partial charge in [0.25, 0.3) is 0 Å². The molecule has 1 aromatic rings. The molecule has 0 saturated carbocycles. The Morgan fingerprint density at radius 2 is 2.38 bits per heavy atom. The van der Waals surface area contributed by atoms with Crippen LogP contribution in [0.4, 0.5) is 4.39 Å². The van der Waals surface area contributed by atoms with Crippen molar-refractivity contribution in [3.63, 3.8) is 0 Å². The Morgan fingerprint density at radius 3 is 3.00 bits per heavy atom. The van der Waals surface area contributed by atoms with Gasteiger partial charge in [0.1, 0.15) is 5.82 Å². The van der Waals surface area contributed by atoms with Gasteiger partial charge < -0.3 is 10.1 Å². The maximum Gasteiger partial charge on any atom is 0.141 e. The van der Waals surface area contributed by atoms with Crippen molar-refractivity contribution >= 4 is 0 Å². The van der Waals surface area contributed by atoms with E-state index >= 15 is 0 Å². The highest BCUT2D eigenvalue weighted by Gasteiger charge is 2.25. The standard InChI is InChI=1S/C12H17FN2O/c1-8(10-5-11(13)7-14-6-10)15-12-3-4-16-9(12)2/h5-9,12,15H,3-4H2,1-2H3. The monoisotopic (exact) mass is 224 g/mol. The molecular weight excluding hydrogens is 207 g/mol. The van der Waals surface area contributed by atoms with Gasteiger partial charge in [-0.1, -0.05) is 0 Å². The number of nitrogens with zero attached hydrogens (tertiary/aromatic N) is 1. The third kappa shape index (κ3) is 2.57. The van der Waals surface area contributed by atoms with Gasteiger partial charge in [-0.05, 0) is 31.9 Å². The molecule has 2 rings (SSSR count). The average molecular weight is 224 g/mol. The fourth-order valence-electron chi connectivity index (χ4n) is 2.03. The second kappa shape index (κ2) is 4.89. The zero-order valence-electron chi connectivity index (χ0n) is 9.61. The summed E-state index contributed by atoms with van der Waals surface area (Å²) in [5.41, 5.74) is 0.874. The lowest BCUT2D eigenvalue weighted by Gasteiger charge is -2.21. The Bertz CT molecular complexity index is 359. The molecule has 4 heteroatoms. The molecule has 88 valence electrons. The number of ether oxygens (including phenoxy) is 1. The molecule has 3 atom stereocenters. The third-order valence-electron chi connectivity index (χ3n) is 3.07. The van der Waals surface area contributed by atoms with E-state index in [-0.39, 0.29) is 18.0 Å². The van der Waals surface area contributed by atoms with Crippen molar-refractivity contribution in [2.45, 2.75) is 38.5 Å². The van der Waals surface area contributed by atoms with Crippen LogP contribution in [0.1, 0.15) is 31.9 Å². The van der Waals surface area contributed by atoms with Gasteiger partial charge >= 0.3 is 0 Å². The minimum atomic E-state index is -0.290. The smallest absolute Gasteiger partial charge is 0.141 e. The van der Waals surface area contributed by atoms with E-state index in [1.807, 2.05) is 6.92 Å². The van der Waals surface area contributed by atoms with Gasteiger partial charge in [0, 0.05) is 24.9 Å². The number of halogens is 1. The molecule has 1 aliphatic rings. The Morgan fingerprint density at radius 1 is 1.56 bits per heavy atom. The number of pyridine rings is 1. The van der Waals surface area contributed by atoms with E-state index in [9.17, 15) is 4.39 Å². The molecule has 0 radical (unpaired) electrons. The molecule has 3 nitrogen and oxygen atoms in total. The summed E-state index contributed by atoms with van der Waals surface area (Å²) in [5.74, 6) is -0.290. The van der Waals surface area contributed by atoms with Crippen LogP contribution in [0.5, 0.6) is 0 Å². The first-order valence-corrected chi connectivity index (χ1v) is 5.65. The van der Waals surface area contributed by atoms with Crippen molar-refractivity contribution < 1.29 is 9.13 Å². The van der Waals surface area contributed by atoms with Crippen LogP contribution in [-0.4, -0.2) is 23.7 Å². The van der Waals surface area contributed by atoms with E-state index in [1.54, 1.807) is 6.20 Å². The minimum absolute atomic E-state index is 0.0948. The molecule has 1 aromatic heterocycles. The van der Waals surface area contributed by atoms with E-state index in [2.05, 4.69) is 17.2 Å². The van der Waals surface area contributed by atoms with E-state index < -0.39 is 0 Å². The average Bonchev–Trinajstić information content (AvgIpc) is 2.64. The lowest BCUT2D eigenvalue weighted by atomic mass is 10.1. The number of rotatable bonds is 3. The van der Waals surface area contributed by atoms with Crippen LogP contribution >= 0.6 is 0 Å². The maximum absolute atomic E-state index is 13.0. The maximum atomic E-state index is 13.0. The number of hydrogen-bond acceptors (Lipinski definition) is 3. The Balaban J connectivity index is 1.99. The van der Waals surface area contributed by atoms with Gasteiger partial charge in [0.15, 0.2) is 0 Å². The van der Waals surface area contributed by atoms with Crippen molar-refractivity contribution in [3.05, 3.63) is 29.8 Å². The van der Waals surface area contributed by atoms with Crippen LogP contribution in [0.15, 0.2) is 18.5 Å². The zero-order chi connectivity index (χ0) is 11.5. The molecule has 0 aliphatic carbocycles. The molecule has 1 saturated heterocycles. The largest absolute Gasteiger partial charge is 0.377 e. The van der Waals surface area contributed by atoms with Gasteiger partial charge in [0.2, 0.25) is 0 Å². The topological polar surface area (TPSA) is 34.1 Å². The number of nitrogens with one attached hydrogen (secondary N) is 1. The van der Waals surface area contributed by atoms with Gasteiger partial charge in [0.05, 0.1) is 12.3 Å². The van der Waals surface area contributed by atoms with Crippen LogP contribution in [0.25, 0.3) is 0 Å². The fourth-order valence-corrected chi connectivity index (χ4v) is 2.03. The van der Waals surface area contributed by atoms with E-state index in [1.165, 1.54) is 12.3 Å². The van der Waals surface area contributed by atoms with Crippen molar-refractivity contribution in [2.24, 2.45) is 0 Å². The Hall–Kier alpha value is -1.00. The third-order valence-corrected chi connectivity index (χ3v) is 3.07. The summed E-state index contributed by atoms with van der Waals surface area (Å²) in [6.45, 7) is 4.87. The predicted octanol–water partition coefficient (Wildman–Crippen LogP) is 2.05. The summed E-state index contributed by atoms with van der Waals surface area (Å²) in [5, 5.41) is 3.44. The van der Waals surface area contributed by atoms with E-state index in [0.717, 1.165) is 18.6 Å². The van der Waals surface area contributed by atoms with Crippen LogP contribution < -0.4 is 5.32 Å². The summed E-state index contributed by atoms with van der Waals surface area (Å²) in [4.78, 5) is 3.85. The SMILES string of the molecule is CC(NC1CCOC1C)c1cncc(F)c1. The highest BCUT2D eigenvalue weighted by Crippen LogP contribution is 2.18. The molecule has 0 bridgehead atoms. The second-order valence-electron chi connectivity index (χ2n) is 4.30. The lowest BCUT2D eigenvalue weighted by molar-refractivity contribution is 0.111. The molecule has 0 spiro atoms. The summed E-state index contributed by atoms with van der Waals surface area (Å²) in [7, 11) is 0. The number of hydrogen-bond donors (Lipinski definition) is 1.